The van der Waals surface area contributed by atoms with Crippen molar-refractivity contribution in [3.63, 3.8) is 0 Å². The van der Waals surface area contributed by atoms with E-state index in [-0.39, 0.29) is 28.9 Å². The van der Waals surface area contributed by atoms with Crippen LogP contribution in [0.25, 0.3) is 0 Å². The molecule has 0 aliphatic heterocycles. The number of nitrogens with two attached hydrogens (primary N) is 1. The number of aliphatic imine (C=N–C) groups is 1. The molecule has 9 heteroatoms. The molecular weight excluding hydrogens is 471 g/mol. The first kappa shape index (κ1) is 21.9. The van der Waals surface area contributed by atoms with Crippen molar-refractivity contribution in [1.29, 1.82) is 0 Å². The van der Waals surface area contributed by atoms with Crippen LogP contribution in [-0.4, -0.2) is 27.5 Å². The Labute approximate surface area is 170 Å². The SMILES string of the molecule is CCNC(=NCc1cccc(S(N)(=O)=O)c1)NCCc1cccs1.I. The van der Waals surface area contributed by atoms with Crippen LogP contribution in [0.4, 0.5) is 0 Å². The number of sulfonamides is 1. The molecular formula is C16H23IN4O2S2. The van der Waals surface area contributed by atoms with E-state index in [1.165, 1.54) is 10.9 Å². The van der Waals surface area contributed by atoms with E-state index in [2.05, 4.69) is 27.1 Å². The largest absolute Gasteiger partial charge is 0.357 e. The summed E-state index contributed by atoms with van der Waals surface area (Å²) >= 11 is 1.73. The minimum atomic E-state index is -3.69. The molecule has 0 radical (unpaired) electrons. The van der Waals surface area contributed by atoms with E-state index in [1.807, 2.05) is 19.1 Å². The molecule has 1 aromatic carbocycles. The van der Waals surface area contributed by atoms with Crippen molar-refractivity contribution in [3.8, 4) is 0 Å². The number of primary sulfonamides is 1. The van der Waals surface area contributed by atoms with Gasteiger partial charge in [-0.3, -0.25) is 0 Å². The van der Waals surface area contributed by atoms with Gasteiger partial charge in [0.1, 0.15) is 0 Å². The van der Waals surface area contributed by atoms with Gasteiger partial charge in [-0.05, 0) is 42.5 Å². The van der Waals surface area contributed by atoms with Crippen LogP contribution in [0.3, 0.4) is 0 Å². The van der Waals surface area contributed by atoms with Gasteiger partial charge in [0.25, 0.3) is 0 Å². The lowest BCUT2D eigenvalue weighted by Crippen LogP contribution is -2.38. The monoisotopic (exact) mass is 494 g/mol. The maximum absolute atomic E-state index is 11.4. The Bertz CT molecular complexity index is 777. The van der Waals surface area contributed by atoms with E-state index in [4.69, 9.17) is 5.14 Å². The topological polar surface area (TPSA) is 96.6 Å². The van der Waals surface area contributed by atoms with Gasteiger partial charge in [0.15, 0.2) is 5.96 Å². The zero-order valence-corrected chi connectivity index (χ0v) is 17.9. The lowest BCUT2D eigenvalue weighted by Gasteiger charge is -2.11. The molecule has 138 valence electrons. The Balaban J connectivity index is 0.00000312. The highest BCUT2D eigenvalue weighted by Gasteiger charge is 2.07. The molecule has 4 N–H and O–H groups in total. The molecule has 6 nitrogen and oxygen atoms in total. The number of hydrogen-bond donors (Lipinski definition) is 3. The fourth-order valence-corrected chi connectivity index (χ4v) is 3.38. The first-order valence-corrected chi connectivity index (χ1v) is 10.1. The van der Waals surface area contributed by atoms with Crippen LogP contribution in [0, 0.1) is 0 Å². The summed E-state index contributed by atoms with van der Waals surface area (Å²) < 4.78 is 22.8. The molecule has 0 aliphatic carbocycles. The Morgan fingerprint density at radius 2 is 2.04 bits per heavy atom. The van der Waals surface area contributed by atoms with Crippen molar-refractivity contribution >= 4 is 51.3 Å². The fourth-order valence-electron chi connectivity index (χ4n) is 2.09. The Kier molecular flexibility index (Phi) is 9.39. The maximum Gasteiger partial charge on any atom is 0.238 e. The smallest absolute Gasteiger partial charge is 0.238 e. The van der Waals surface area contributed by atoms with Crippen molar-refractivity contribution < 1.29 is 8.42 Å². The van der Waals surface area contributed by atoms with Crippen LogP contribution in [0.2, 0.25) is 0 Å². The average Bonchev–Trinajstić information content (AvgIpc) is 3.05. The van der Waals surface area contributed by atoms with Gasteiger partial charge >= 0.3 is 0 Å². The predicted molar refractivity (Wildman–Crippen MR) is 114 cm³/mol. The molecule has 1 aromatic heterocycles. The molecule has 1 heterocycles. The van der Waals surface area contributed by atoms with Gasteiger partial charge in [0.2, 0.25) is 10.0 Å². The first-order valence-electron chi connectivity index (χ1n) is 7.65. The van der Waals surface area contributed by atoms with Crippen molar-refractivity contribution in [3.05, 3.63) is 52.2 Å². The summed E-state index contributed by atoms with van der Waals surface area (Å²) in [7, 11) is -3.69. The Hall–Kier alpha value is -1.17. The number of nitrogens with one attached hydrogen (secondary N) is 2. The van der Waals surface area contributed by atoms with Gasteiger partial charge < -0.3 is 10.6 Å². The highest BCUT2D eigenvalue weighted by atomic mass is 127. The lowest BCUT2D eigenvalue weighted by atomic mass is 10.2. The van der Waals surface area contributed by atoms with Crippen LogP contribution in [-0.2, 0) is 23.0 Å². The molecule has 2 aromatic rings. The van der Waals surface area contributed by atoms with Gasteiger partial charge in [-0.1, -0.05) is 18.2 Å². The average molecular weight is 494 g/mol. The van der Waals surface area contributed by atoms with Crippen molar-refractivity contribution in [2.75, 3.05) is 13.1 Å². The number of thiophene rings is 1. The molecule has 0 saturated heterocycles. The molecule has 25 heavy (non-hydrogen) atoms. The number of nitrogens with zero attached hydrogens (tertiary/aromatic N) is 1. The number of rotatable bonds is 7. The second-order valence-electron chi connectivity index (χ2n) is 5.14. The number of halogens is 1. The van der Waals surface area contributed by atoms with Crippen LogP contribution in [0.15, 0.2) is 51.7 Å². The molecule has 0 bridgehead atoms. The van der Waals surface area contributed by atoms with Crippen molar-refractivity contribution in [2.24, 2.45) is 10.1 Å². The third kappa shape index (κ3) is 7.72. The van der Waals surface area contributed by atoms with E-state index in [9.17, 15) is 8.42 Å². The summed E-state index contributed by atoms with van der Waals surface area (Å²) in [6.07, 6.45) is 0.934. The molecule has 0 saturated carbocycles. The van der Waals surface area contributed by atoms with Gasteiger partial charge in [-0.25, -0.2) is 18.5 Å². The van der Waals surface area contributed by atoms with Gasteiger partial charge in [0.05, 0.1) is 11.4 Å². The van der Waals surface area contributed by atoms with E-state index >= 15 is 0 Å². The van der Waals surface area contributed by atoms with Crippen LogP contribution < -0.4 is 15.8 Å². The van der Waals surface area contributed by atoms with Crippen molar-refractivity contribution in [1.82, 2.24) is 10.6 Å². The minimum Gasteiger partial charge on any atom is -0.357 e. The second-order valence-corrected chi connectivity index (χ2v) is 7.74. The van der Waals surface area contributed by atoms with Crippen LogP contribution in [0.5, 0.6) is 0 Å². The number of hydrogen-bond acceptors (Lipinski definition) is 4. The van der Waals surface area contributed by atoms with E-state index in [1.54, 1.807) is 23.5 Å². The van der Waals surface area contributed by atoms with E-state index < -0.39 is 10.0 Å². The first-order chi connectivity index (χ1) is 11.5. The quantitative estimate of drug-likeness (QED) is 0.313. The van der Waals surface area contributed by atoms with E-state index in [0.29, 0.717) is 12.5 Å². The third-order valence-corrected chi connectivity index (χ3v) is 5.08. The van der Waals surface area contributed by atoms with Gasteiger partial charge in [-0.15, -0.1) is 35.3 Å². The fraction of sp³-hybridized carbons (Fsp3) is 0.312. The highest BCUT2D eigenvalue weighted by Crippen LogP contribution is 2.11. The number of benzene rings is 1. The Morgan fingerprint density at radius 1 is 1.24 bits per heavy atom. The maximum atomic E-state index is 11.4. The summed E-state index contributed by atoms with van der Waals surface area (Å²) in [5.74, 6) is 0.704. The van der Waals surface area contributed by atoms with Gasteiger partial charge in [0, 0.05) is 18.0 Å². The Morgan fingerprint density at radius 3 is 2.68 bits per heavy atom. The summed E-state index contributed by atoms with van der Waals surface area (Å²) in [4.78, 5) is 5.91. The molecule has 0 fully saturated rings. The molecule has 2 rings (SSSR count). The zero-order chi connectivity index (χ0) is 17.4. The second kappa shape index (κ2) is 10.7. The zero-order valence-electron chi connectivity index (χ0n) is 13.9. The molecule has 0 amide bonds. The van der Waals surface area contributed by atoms with E-state index in [0.717, 1.165) is 25.1 Å². The third-order valence-electron chi connectivity index (χ3n) is 3.23. The summed E-state index contributed by atoms with van der Waals surface area (Å²) in [5.41, 5.74) is 0.789. The summed E-state index contributed by atoms with van der Waals surface area (Å²) in [5, 5.41) is 13.7. The van der Waals surface area contributed by atoms with Crippen LogP contribution >= 0.6 is 35.3 Å². The molecule has 0 unspecified atom stereocenters. The highest BCUT2D eigenvalue weighted by molar-refractivity contribution is 14.0. The minimum absolute atomic E-state index is 0. The van der Waals surface area contributed by atoms with Crippen molar-refractivity contribution in [2.45, 2.75) is 24.8 Å². The summed E-state index contributed by atoms with van der Waals surface area (Å²) in [6.45, 7) is 3.90. The normalized spacial score (nSPS) is 11.7. The standard InChI is InChI=1S/C16H22N4O2S2.HI/c1-2-18-16(19-9-8-14-6-4-10-23-14)20-12-13-5-3-7-15(11-13)24(17,21)22;/h3-7,10-11H,2,8-9,12H2,1H3,(H2,17,21,22)(H2,18,19,20);1H. The molecule has 0 atom stereocenters. The molecule has 0 spiro atoms. The molecule has 0 aliphatic rings. The lowest BCUT2D eigenvalue weighted by molar-refractivity contribution is 0.597. The predicted octanol–water partition coefficient (Wildman–Crippen LogP) is 2.31. The van der Waals surface area contributed by atoms with Gasteiger partial charge in [-0.2, -0.15) is 0 Å². The van der Waals surface area contributed by atoms with Crippen LogP contribution in [0.1, 0.15) is 17.4 Å². The summed E-state index contributed by atoms with van der Waals surface area (Å²) in [6, 6.07) is 10.7. The number of guanidine groups is 1.